The van der Waals surface area contributed by atoms with E-state index < -0.39 is 0 Å². The van der Waals surface area contributed by atoms with Crippen LogP contribution in [0.2, 0.25) is 0 Å². The number of aromatic nitrogens is 4. The van der Waals surface area contributed by atoms with Crippen molar-refractivity contribution in [1.82, 2.24) is 25.1 Å². The molecule has 1 saturated heterocycles. The average Bonchev–Trinajstić information content (AvgIpc) is 3.14. The summed E-state index contributed by atoms with van der Waals surface area (Å²) < 4.78 is 0. The summed E-state index contributed by atoms with van der Waals surface area (Å²) in [6.45, 7) is 5.91. The van der Waals surface area contributed by atoms with E-state index >= 15 is 0 Å². The highest BCUT2D eigenvalue weighted by molar-refractivity contribution is 5.78. The molecule has 0 saturated carbocycles. The minimum atomic E-state index is 0.240. The molecule has 3 aromatic rings. The maximum Gasteiger partial charge on any atom is 0.224 e. The summed E-state index contributed by atoms with van der Waals surface area (Å²) in [6, 6.07) is 10.5. The maximum atomic E-state index is 12.5. The van der Waals surface area contributed by atoms with Crippen molar-refractivity contribution >= 4 is 22.9 Å². The number of aryl methyl sites for hydroxylation is 1. The third-order valence-corrected chi connectivity index (χ3v) is 5.65. The number of rotatable bonds is 7. The normalized spacial score (nSPS) is 15.1. The number of likely N-dealkylation sites (tertiary alicyclic amines) is 1. The molecule has 0 spiro atoms. The lowest BCUT2D eigenvalue weighted by molar-refractivity contribution is -0.132. The lowest BCUT2D eigenvalue weighted by Crippen LogP contribution is -2.42. The first-order chi connectivity index (χ1) is 14.6. The Labute approximate surface area is 177 Å². The fourth-order valence-corrected chi connectivity index (χ4v) is 3.99. The quantitative estimate of drug-likeness (QED) is 0.626. The first-order valence-corrected chi connectivity index (χ1v) is 10.9. The third-order valence-electron chi connectivity index (χ3n) is 5.65. The van der Waals surface area contributed by atoms with Gasteiger partial charge in [-0.1, -0.05) is 44.2 Å². The van der Waals surface area contributed by atoms with Gasteiger partial charge in [-0.05, 0) is 37.2 Å². The summed E-state index contributed by atoms with van der Waals surface area (Å²) in [5, 5.41) is 11.9. The van der Waals surface area contributed by atoms with Crippen molar-refractivity contribution in [1.29, 1.82) is 0 Å². The van der Waals surface area contributed by atoms with Gasteiger partial charge in [0, 0.05) is 37.4 Å². The van der Waals surface area contributed by atoms with Crippen LogP contribution in [0.15, 0.2) is 36.5 Å². The van der Waals surface area contributed by atoms with Crippen LogP contribution in [0.1, 0.15) is 44.4 Å². The number of carbonyl (C=O) groups excluding carboxylic acids is 1. The van der Waals surface area contributed by atoms with Crippen molar-refractivity contribution in [2.45, 2.75) is 52.0 Å². The number of amides is 1. The molecule has 4 rings (SSSR count). The second kappa shape index (κ2) is 9.24. The first-order valence-electron chi connectivity index (χ1n) is 10.9. The summed E-state index contributed by atoms with van der Waals surface area (Å²) in [5.74, 6) is 1.40. The van der Waals surface area contributed by atoms with Crippen LogP contribution < -0.4 is 5.32 Å². The Hall–Kier alpha value is -2.96. The van der Waals surface area contributed by atoms with Crippen LogP contribution in [0.4, 0.5) is 5.95 Å². The number of fused-ring (bicyclic) bond motifs is 1. The predicted octanol–water partition coefficient (Wildman–Crippen LogP) is 3.59. The zero-order valence-electron chi connectivity index (χ0n) is 17.8. The lowest BCUT2D eigenvalue weighted by atomic mass is 10.0. The zero-order valence-corrected chi connectivity index (χ0v) is 17.8. The molecule has 158 valence electrons. The highest BCUT2D eigenvalue weighted by atomic mass is 16.2. The number of hydrogen-bond donors (Lipinski definition) is 2. The number of piperidine rings is 1. The molecule has 3 heterocycles. The summed E-state index contributed by atoms with van der Waals surface area (Å²) in [4.78, 5) is 23.6. The van der Waals surface area contributed by atoms with Gasteiger partial charge < -0.3 is 10.2 Å². The largest absolute Gasteiger partial charge is 0.351 e. The summed E-state index contributed by atoms with van der Waals surface area (Å²) >= 11 is 0. The Kier molecular flexibility index (Phi) is 6.26. The van der Waals surface area contributed by atoms with E-state index in [9.17, 15) is 4.79 Å². The SMILES string of the molecule is CC(C)Cc1[nH]nc2nc(NC3CCN(C(=O)CCc4ccccc4)CC3)ncc12. The van der Waals surface area contributed by atoms with Crippen LogP contribution in [-0.4, -0.2) is 50.1 Å². The van der Waals surface area contributed by atoms with E-state index in [2.05, 4.69) is 51.5 Å². The first kappa shape index (κ1) is 20.3. The lowest BCUT2D eigenvalue weighted by Gasteiger charge is -2.32. The van der Waals surface area contributed by atoms with Gasteiger partial charge in [-0.3, -0.25) is 9.89 Å². The van der Waals surface area contributed by atoms with Crippen molar-refractivity contribution in [2.75, 3.05) is 18.4 Å². The van der Waals surface area contributed by atoms with E-state index in [1.165, 1.54) is 5.56 Å². The standard InChI is InChI=1S/C23H30N6O/c1-16(2)14-20-19-15-24-23(26-22(19)28-27-20)25-18-10-12-29(13-11-18)21(30)9-8-17-6-4-3-5-7-17/h3-7,15-16,18H,8-14H2,1-2H3,(H2,24,25,26,27,28). The minimum absolute atomic E-state index is 0.240. The Morgan fingerprint density at radius 1 is 1.23 bits per heavy atom. The van der Waals surface area contributed by atoms with Gasteiger partial charge in [0.1, 0.15) is 0 Å². The maximum absolute atomic E-state index is 12.5. The number of nitrogens with one attached hydrogen (secondary N) is 2. The number of anilines is 1. The Balaban J connectivity index is 1.27. The number of nitrogens with zero attached hydrogens (tertiary/aromatic N) is 4. The topological polar surface area (TPSA) is 86.8 Å². The molecule has 7 heteroatoms. The van der Waals surface area contributed by atoms with Crippen molar-refractivity contribution in [3.05, 3.63) is 47.8 Å². The van der Waals surface area contributed by atoms with E-state index in [1.807, 2.05) is 29.3 Å². The van der Waals surface area contributed by atoms with E-state index in [4.69, 9.17) is 0 Å². The molecule has 1 aliphatic rings. The predicted molar refractivity (Wildman–Crippen MR) is 118 cm³/mol. The van der Waals surface area contributed by atoms with Gasteiger partial charge in [-0.2, -0.15) is 10.1 Å². The number of carbonyl (C=O) groups is 1. The van der Waals surface area contributed by atoms with Gasteiger partial charge in [0.25, 0.3) is 0 Å². The van der Waals surface area contributed by atoms with Gasteiger partial charge in [0.2, 0.25) is 11.9 Å². The Bertz CT molecular complexity index is 976. The molecule has 0 atom stereocenters. The number of hydrogen-bond acceptors (Lipinski definition) is 5. The van der Waals surface area contributed by atoms with E-state index in [0.717, 1.165) is 49.9 Å². The molecule has 7 nitrogen and oxygen atoms in total. The smallest absolute Gasteiger partial charge is 0.224 e. The van der Waals surface area contributed by atoms with Crippen molar-refractivity contribution in [2.24, 2.45) is 5.92 Å². The number of benzene rings is 1. The fourth-order valence-electron chi connectivity index (χ4n) is 3.99. The molecule has 2 aromatic heterocycles. The van der Waals surface area contributed by atoms with Crippen LogP contribution in [0, 0.1) is 5.92 Å². The van der Waals surface area contributed by atoms with Crippen molar-refractivity contribution in [3.8, 4) is 0 Å². The molecular formula is C23H30N6O. The van der Waals surface area contributed by atoms with Gasteiger partial charge >= 0.3 is 0 Å². The third kappa shape index (κ3) is 4.96. The summed E-state index contributed by atoms with van der Waals surface area (Å²) in [5.41, 5.74) is 3.01. The molecule has 0 aliphatic carbocycles. The second-order valence-electron chi connectivity index (χ2n) is 8.52. The molecule has 2 N–H and O–H groups in total. The molecule has 0 unspecified atom stereocenters. The highest BCUT2D eigenvalue weighted by Crippen LogP contribution is 2.20. The molecule has 1 amide bonds. The van der Waals surface area contributed by atoms with Crippen molar-refractivity contribution < 1.29 is 4.79 Å². The molecule has 30 heavy (non-hydrogen) atoms. The Morgan fingerprint density at radius 3 is 2.73 bits per heavy atom. The van der Waals surface area contributed by atoms with E-state index in [1.54, 1.807) is 0 Å². The number of aromatic amines is 1. The van der Waals surface area contributed by atoms with Gasteiger partial charge in [0.15, 0.2) is 5.65 Å². The van der Waals surface area contributed by atoms with E-state index in [-0.39, 0.29) is 11.9 Å². The summed E-state index contributed by atoms with van der Waals surface area (Å²) in [6.07, 6.45) is 5.96. The van der Waals surface area contributed by atoms with E-state index in [0.29, 0.717) is 23.9 Å². The molecule has 1 aliphatic heterocycles. The van der Waals surface area contributed by atoms with Gasteiger partial charge in [0.05, 0.1) is 5.39 Å². The van der Waals surface area contributed by atoms with Crippen LogP contribution in [0.5, 0.6) is 0 Å². The van der Waals surface area contributed by atoms with Crippen LogP contribution in [0.3, 0.4) is 0 Å². The van der Waals surface area contributed by atoms with Crippen molar-refractivity contribution in [3.63, 3.8) is 0 Å². The highest BCUT2D eigenvalue weighted by Gasteiger charge is 2.23. The molecule has 0 radical (unpaired) electrons. The average molecular weight is 407 g/mol. The van der Waals surface area contributed by atoms with Gasteiger partial charge in [-0.15, -0.1) is 0 Å². The minimum Gasteiger partial charge on any atom is -0.351 e. The molecular weight excluding hydrogens is 376 g/mol. The Morgan fingerprint density at radius 2 is 2.00 bits per heavy atom. The molecule has 1 aromatic carbocycles. The number of H-pyrrole nitrogens is 1. The van der Waals surface area contributed by atoms with Crippen LogP contribution in [0.25, 0.3) is 11.0 Å². The molecule has 0 bridgehead atoms. The monoisotopic (exact) mass is 406 g/mol. The fraction of sp³-hybridized carbons (Fsp3) is 0.478. The molecule has 1 fully saturated rings. The zero-order chi connectivity index (χ0) is 20.9. The second-order valence-corrected chi connectivity index (χ2v) is 8.52. The summed E-state index contributed by atoms with van der Waals surface area (Å²) in [7, 11) is 0. The van der Waals surface area contributed by atoms with Crippen LogP contribution >= 0.6 is 0 Å². The van der Waals surface area contributed by atoms with Crippen LogP contribution in [-0.2, 0) is 17.6 Å². The van der Waals surface area contributed by atoms with Gasteiger partial charge in [-0.25, -0.2) is 4.98 Å².